The Bertz CT molecular complexity index is 1140. The molecular weight excluding hydrogens is 419 g/mol. The van der Waals surface area contributed by atoms with Crippen LogP contribution in [0.15, 0.2) is 36.5 Å². The van der Waals surface area contributed by atoms with Gasteiger partial charge in [0.25, 0.3) is 0 Å². The van der Waals surface area contributed by atoms with Crippen molar-refractivity contribution in [3.05, 3.63) is 70.0 Å². The van der Waals surface area contributed by atoms with Gasteiger partial charge in [0.1, 0.15) is 16.7 Å². The number of methoxy groups -OCH3 is 1. The molecule has 0 spiro atoms. The van der Waals surface area contributed by atoms with E-state index in [4.69, 9.17) is 16.3 Å². The Morgan fingerprint density at radius 2 is 1.93 bits per heavy atom. The molecule has 0 aliphatic carbocycles. The summed E-state index contributed by atoms with van der Waals surface area (Å²) in [4.78, 5) is 19.9. The first-order chi connectivity index (χ1) is 14.2. The fraction of sp³-hybridized carbons (Fsp3) is 0.190. The number of carbonyl (C=O) groups excluding carboxylic acids is 1. The minimum Gasteiger partial charge on any atom is -0.496 e. The number of aromatic nitrogens is 3. The molecule has 0 radical (unpaired) electrons. The number of aryl methyl sites for hydroxylation is 1. The largest absolute Gasteiger partial charge is 0.496 e. The van der Waals surface area contributed by atoms with Gasteiger partial charge < -0.3 is 9.30 Å². The highest BCUT2D eigenvalue weighted by molar-refractivity contribution is 6.29. The number of ether oxygens (including phenoxy) is 1. The van der Waals surface area contributed by atoms with Crippen molar-refractivity contribution in [1.82, 2.24) is 14.5 Å². The average Bonchev–Trinajstić information content (AvgIpc) is 2.98. The minimum atomic E-state index is -4.57. The number of nitrogens with zero attached hydrogens (tertiary/aromatic N) is 3. The Morgan fingerprint density at radius 3 is 2.53 bits per heavy atom. The molecular formula is C21H17ClF3N3O2. The topological polar surface area (TPSA) is 57.0 Å². The molecule has 156 valence electrons. The maximum Gasteiger partial charge on any atom is 0.420 e. The summed E-state index contributed by atoms with van der Waals surface area (Å²) in [6.07, 6.45) is -0.875. The van der Waals surface area contributed by atoms with E-state index in [-0.39, 0.29) is 16.6 Å². The van der Waals surface area contributed by atoms with Crippen molar-refractivity contribution < 1.29 is 22.7 Å². The van der Waals surface area contributed by atoms with Crippen LogP contribution in [0, 0.1) is 13.8 Å². The van der Waals surface area contributed by atoms with E-state index >= 15 is 0 Å². The van der Waals surface area contributed by atoms with Crippen molar-refractivity contribution in [2.75, 3.05) is 7.11 Å². The zero-order chi connectivity index (χ0) is 22.1. The zero-order valence-corrected chi connectivity index (χ0v) is 17.0. The van der Waals surface area contributed by atoms with Gasteiger partial charge in [-0.25, -0.2) is 9.97 Å². The maximum absolute atomic E-state index is 13.4. The first-order valence-electron chi connectivity index (χ1n) is 8.76. The second kappa shape index (κ2) is 8.31. The highest BCUT2D eigenvalue weighted by Crippen LogP contribution is 2.38. The van der Waals surface area contributed by atoms with E-state index in [2.05, 4.69) is 9.97 Å². The van der Waals surface area contributed by atoms with Gasteiger partial charge in [-0.05, 0) is 55.8 Å². The van der Waals surface area contributed by atoms with E-state index in [1.54, 1.807) is 36.6 Å². The van der Waals surface area contributed by atoms with Crippen molar-refractivity contribution in [3.8, 4) is 11.4 Å². The molecule has 5 nitrogen and oxygen atoms in total. The van der Waals surface area contributed by atoms with E-state index in [1.807, 2.05) is 0 Å². The van der Waals surface area contributed by atoms with Crippen molar-refractivity contribution in [3.63, 3.8) is 0 Å². The second-order valence-electron chi connectivity index (χ2n) is 6.43. The van der Waals surface area contributed by atoms with E-state index < -0.39 is 11.7 Å². The Kier molecular flexibility index (Phi) is 5.98. The standard InChI is InChI=1S/C21H17ClF3N3O2/c1-12-18(8-15(11-29)14-6-7-26-20(22)9-14)27-13(2)28(12)16-4-5-19(30-3)17(10-16)21(23,24)25/h4-11H,1-3H3. The summed E-state index contributed by atoms with van der Waals surface area (Å²) >= 11 is 5.89. The fourth-order valence-electron chi connectivity index (χ4n) is 3.15. The molecule has 0 aliphatic rings. The molecule has 1 aromatic carbocycles. The summed E-state index contributed by atoms with van der Waals surface area (Å²) in [5.41, 5.74) is 1.30. The number of aldehydes is 1. The monoisotopic (exact) mass is 435 g/mol. The molecule has 0 N–H and O–H groups in total. The summed E-state index contributed by atoms with van der Waals surface area (Å²) in [5.74, 6) is 0.203. The first-order valence-corrected chi connectivity index (χ1v) is 9.14. The average molecular weight is 436 g/mol. The molecule has 0 atom stereocenters. The molecule has 2 aromatic heterocycles. The van der Waals surface area contributed by atoms with E-state index in [1.165, 1.54) is 25.4 Å². The third kappa shape index (κ3) is 4.23. The van der Waals surface area contributed by atoms with Crippen LogP contribution in [0.4, 0.5) is 13.2 Å². The predicted molar refractivity (Wildman–Crippen MR) is 108 cm³/mol. The van der Waals surface area contributed by atoms with Crippen molar-refractivity contribution in [1.29, 1.82) is 0 Å². The molecule has 0 saturated carbocycles. The Labute approximate surface area is 175 Å². The lowest BCUT2D eigenvalue weighted by molar-refractivity contribution is -0.138. The number of pyridine rings is 1. The van der Waals surface area contributed by atoms with E-state index in [0.717, 1.165) is 6.07 Å². The van der Waals surface area contributed by atoms with Gasteiger partial charge in [0.15, 0.2) is 6.29 Å². The van der Waals surface area contributed by atoms with Crippen LogP contribution < -0.4 is 4.74 Å². The van der Waals surface area contributed by atoms with Gasteiger partial charge in [-0.2, -0.15) is 13.2 Å². The molecule has 0 saturated heterocycles. The number of benzene rings is 1. The molecule has 0 fully saturated rings. The summed E-state index contributed by atoms with van der Waals surface area (Å²) in [6.45, 7) is 3.39. The number of rotatable bonds is 5. The van der Waals surface area contributed by atoms with Gasteiger partial charge >= 0.3 is 6.18 Å². The molecule has 30 heavy (non-hydrogen) atoms. The molecule has 9 heteroatoms. The van der Waals surface area contributed by atoms with Crippen LogP contribution in [-0.4, -0.2) is 27.9 Å². The summed E-state index contributed by atoms with van der Waals surface area (Å²) in [7, 11) is 1.19. The number of alkyl halides is 3. The Hall–Kier alpha value is -3.13. The Balaban J connectivity index is 2.12. The number of halogens is 4. The van der Waals surface area contributed by atoms with Gasteiger partial charge in [0.2, 0.25) is 0 Å². The summed E-state index contributed by atoms with van der Waals surface area (Å²) in [6, 6.07) is 6.97. The van der Waals surface area contributed by atoms with Crippen LogP contribution in [0.2, 0.25) is 5.15 Å². The molecule has 3 aromatic rings. The van der Waals surface area contributed by atoms with Gasteiger partial charge in [-0.1, -0.05) is 11.6 Å². The molecule has 2 heterocycles. The summed E-state index contributed by atoms with van der Waals surface area (Å²) < 4.78 is 46.7. The third-order valence-corrected chi connectivity index (χ3v) is 4.74. The number of carbonyl (C=O) groups is 1. The normalized spacial score (nSPS) is 12.2. The van der Waals surface area contributed by atoms with Crippen LogP contribution in [0.1, 0.15) is 28.3 Å². The maximum atomic E-state index is 13.4. The lowest BCUT2D eigenvalue weighted by Crippen LogP contribution is -2.09. The van der Waals surface area contributed by atoms with Crippen LogP contribution in [0.5, 0.6) is 5.75 Å². The van der Waals surface area contributed by atoms with Crippen molar-refractivity contribution in [2.45, 2.75) is 20.0 Å². The lowest BCUT2D eigenvalue weighted by atomic mass is 10.1. The van der Waals surface area contributed by atoms with Gasteiger partial charge in [0, 0.05) is 23.2 Å². The molecule has 0 amide bonds. The highest BCUT2D eigenvalue weighted by atomic mass is 35.5. The molecule has 0 unspecified atom stereocenters. The lowest BCUT2D eigenvalue weighted by Gasteiger charge is -2.15. The SMILES string of the molecule is COc1ccc(-n2c(C)nc(C=C(C=O)c3ccnc(Cl)c3)c2C)cc1C(F)(F)F. The number of hydrogen-bond donors (Lipinski definition) is 0. The smallest absolute Gasteiger partial charge is 0.420 e. The predicted octanol–water partition coefficient (Wildman–Crippen LogP) is 5.30. The number of allylic oxidation sites excluding steroid dienone is 1. The number of imidazole rings is 1. The van der Waals surface area contributed by atoms with Crippen LogP contribution in [0.25, 0.3) is 17.3 Å². The van der Waals surface area contributed by atoms with Gasteiger partial charge in [0.05, 0.1) is 18.4 Å². The first kappa shape index (κ1) is 21.6. The third-order valence-electron chi connectivity index (χ3n) is 4.54. The fourth-order valence-corrected chi connectivity index (χ4v) is 3.32. The van der Waals surface area contributed by atoms with Crippen LogP contribution in [0.3, 0.4) is 0 Å². The summed E-state index contributed by atoms with van der Waals surface area (Å²) in [5, 5.41) is 0.233. The van der Waals surface area contributed by atoms with Gasteiger partial charge in [-0.3, -0.25) is 4.79 Å². The molecule has 0 bridgehead atoms. The molecule has 0 aliphatic heterocycles. The Morgan fingerprint density at radius 1 is 1.20 bits per heavy atom. The van der Waals surface area contributed by atoms with Crippen molar-refractivity contribution >= 4 is 29.5 Å². The zero-order valence-electron chi connectivity index (χ0n) is 16.3. The van der Waals surface area contributed by atoms with Gasteiger partial charge in [-0.15, -0.1) is 0 Å². The highest BCUT2D eigenvalue weighted by Gasteiger charge is 2.35. The second-order valence-corrected chi connectivity index (χ2v) is 6.82. The van der Waals surface area contributed by atoms with E-state index in [0.29, 0.717) is 34.6 Å². The van der Waals surface area contributed by atoms with E-state index in [9.17, 15) is 18.0 Å². The van der Waals surface area contributed by atoms with Crippen LogP contribution >= 0.6 is 11.6 Å². The number of hydrogen-bond acceptors (Lipinski definition) is 4. The minimum absolute atomic E-state index is 0.233. The van der Waals surface area contributed by atoms with Crippen molar-refractivity contribution in [2.24, 2.45) is 0 Å². The van der Waals surface area contributed by atoms with Crippen LogP contribution in [-0.2, 0) is 11.0 Å². The molecule has 3 rings (SSSR count). The quantitative estimate of drug-likeness (QED) is 0.310.